The fraction of sp³-hybridized carbons (Fsp3) is 0.364. The smallest absolute Gasteiger partial charge is 0.341 e. The zero-order valence-electron chi connectivity index (χ0n) is 18.1. The number of urea groups is 1. The van der Waals surface area contributed by atoms with E-state index in [1.807, 2.05) is 26.0 Å². The van der Waals surface area contributed by atoms with E-state index in [0.717, 1.165) is 20.9 Å². The largest absolute Gasteiger partial charge is 0.462 e. The monoisotopic (exact) mass is 443 g/mol. The fourth-order valence-corrected chi connectivity index (χ4v) is 4.45. The van der Waals surface area contributed by atoms with Crippen LogP contribution >= 0.6 is 11.3 Å². The first kappa shape index (κ1) is 22.5. The average molecular weight is 444 g/mol. The van der Waals surface area contributed by atoms with Crippen LogP contribution in [0.25, 0.3) is 0 Å². The molecule has 0 spiro atoms. The van der Waals surface area contributed by atoms with E-state index in [2.05, 4.69) is 5.32 Å². The number of thiophene rings is 1. The van der Waals surface area contributed by atoms with Crippen LogP contribution in [0.4, 0.5) is 15.5 Å². The highest BCUT2D eigenvalue weighted by Gasteiger charge is 2.44. The molecule has 0 aliphatic carbocycles. The van der Waals surface area contributed by atoms with Gasteiger partial charge in [-0.2, -0.15) is 0 Å². The minimum absolute atomic E-state index is 0.212. The number of anilines is 2. The van der Waals surface area contributed by atoms with E-state index in [1.165, 1.54) is 16.2 Å². The van der Waals surface area contributed by atoms with Crippen molar-refractivity contribution in [3.8, 4) is 0 Å². The lowest BCUT2D eigenvalue weighted by Crippen LogP contribution is -2.39. The lowest BCUT2D eigenvalue weighted by molar-refractivity contribution is -0.130. The second-order valence-electron chi connectivity index (χ2n) is 7.34. The van der Waals surface area contributed by atoms with Gasteiger partial charge in [0.15, 0.2) is 0 Å². The van der Waals surface area contributed by atoms with Crippen LogP contribution in [0, 0.1) is 20.8 Å². The topological polar surface area (TPSA) is 96.0 Å². The molecule has 1 aromatic carbocycles. The summed E-state index contributed by atoms with van der Waals surface area (Å²) in [5, 5.41) is 3.02. The summed E-state index contributed by atoms with van der Waals surface area (Å²) in [6.07, 6.45) is 0. The number of imide groups is 1. The summed E-state index contributed by atoms with van der Waals surface area (Å²) < 4.78 is 5.09. The Labute approximate surface area is 184 Å². The van der Waals surface area contributed by atoms with E-state index in [4.69, 9.17) is 4.74 Å². The Morgan fingerprint density at radius 2 is 1.77 bits per heavy atom. The zero-order valence-corrected chi connectivity index (χ0v) is 19.0. The number of ether oxygens (including phenoxy) is 1. The van der Waals surface area contributed by atoms with Crippen molar-refractivity contribution >= 4 is 45.8 Å². The summed E-state index contributed by atoms with van der Waals surface area (Å²) in [5.74, 6) is -1.54. The van der Waals surface area contributed by atoms with E-state index in [9.17, 15) is 19.2 Å². The predicted octanol–water partition coefficient (Wildman–Crippen LogP) is 3.65. The first-order valence-electron chi connectivity index (χ1n) is 9.93. The molecule has 0 saturated carbocycles. The van der Waals surface area contributed by atoms with E-state index >= 15 is 0 Å². The Bertz CT molecular complexity index is 1040. The van der Waals surface area contributed by atoms with Crippen molar-refractivity contribution in [1.82, 2.24) is 4.90 Å². The molecule has 1 N–H and O–H groups in total. The standard InChI is InChI=1S/C22H25N3O5S/c1-6-30-21(28)18-13(3)15(5)31-19(18)23-17(26)11-24-20(27)14(4)25(22(24)29)16-9-7-12(2)8-10-16/h7-10,14H,6,11H2,1-5H3,(H,23,26). The van der Waals surface area contributed by atoms with Crippen molar-refractivity contribution in [3.63, 3.8) is 0 Å². The SMILES string of the molecule is CCOC(=O)c1c(NC(=O)CN2C(=O)C(C)N(c3ccc(C)cc3)C2=O)sc(C)c1C. The van der Waals surface area contributed by atoms with Gasteiger partial charge in [0.05, 0.1) is 12.2 Å². The number of esters is 1. The number of aryl methyl sites for hydroxylation is 2. The number of nitrogens with zero attached hydrogens (tertiary/aromatic N) is 2. The summed E-state index contributed by atoms with van der Waals surface area (Å²) in [7, 11) is 0. The third kappa shape index (κ3) is 4.32. The molecule has 1 fully saturated rings. The predicted molar refractivity (Wildman–Crippen MR) is 119 cm³/mol. The number of nitrogens with one attached hydrogen (secondary N) is 1. The van der Waals surface area contributed by atoms with Gasteiger partial charge < -0.3 is 10.1 Å². The molecule has 1 saturated heterocycles. The van der Waals surface area contributed by atoms with Crippen LogP contribution in [0.15, 0.2) is 24.3 Å². The van der Waals surface area contributed by atoms with Crippen molar-refractivity contribution in [2.45, 2.75) is 40.7 Å². The lowest BCUT2D eigenvalue weighted by atomic mass is 10.1. The molecule has 3 rings (SSSR count). The highest BCUT2D eigenvalue weighted by Crippen LogP contribution is 2.33. The summed E-state index contributed by atoms with van der Waals surface area (Å²) in [4.78, 5) is 53.7. The lowest BCUT2D eigenvalue weighted by Gasteiger charge is -2.19. The number of amides is 4. The average Bonchev–Trinajstić information content (AvgIpc) is 3.10. The van der Waals surface area contributed by atoms with Crippen molar-refractivity contribution in [2.24, 2.45) is 0 Å². The number of benzene rings is 1. The second-order valence-corrected chi connectivity index (χ2v) is 8.57. The maximum Gasteiger partial charge on any atom is 0.341 e. The van der Waals surface area contributed by atoms with Crippen LogP contribution in [0.2, 0.25) is 0 Å². The molecule has 164 valence electrons. The third-order valence-electron chi connectivity index (χ3n) is 5.18. The van der Waals surface area contributed by atoms with Gasteiger partial charge in [-0.1, -0.05) is 17.7 Å². The maximum atomic E-state index is 12.9. The van der Waals surface area contributed by atoms with E-state index in [0.29, 0.717) is 16.3 Å². The van der Waals surface area contributed by atoms with Crippen LogP contribution in [0.3, 0.4) is 0 Å². The Kier molecular flexibility index (Phi) is 6.45. The zero-order chi connectivity index (χ0) is 22.9. The third-order valence-corrected chi connectivity index (χ3v) is 6.30. The van der Waals surface area contributed by atoms with E-state index in [-0.39, 0.29) is 6.61 Å². The molecule has 1 atom stereocenters. The first-order valence-corrected chi connectivity index (χ1v) is 10.8. The summed E-state index contributed by atoms with van der Waals surface area (Å²) in [6.45, 7) is 8.65. The Hall–Kier alpha value is -3.20. The van der Waals surface area contributed by atoms with Crippen LogP contribution < -0.4 is 10.2 Å². The number of rotatable bonds is 6. The summed E-state index contributed by atoms with van der Waals surface area (Å²) in [6, 6.07) is 5.97. The maximum absolute atomic E-state index is 12.9. The highest BCUT2D eigenvalue weighted by atomic mass is 32.1. The van der Waals surface area contributed by atoms with Crippen LogP contribution in [-0.4, -0.2) is 47.9 Å². The van der Waals surface area contributed by atoms with Crippen LogP contribution in [-0.2, 0) is 14.3 Å². The first-order chi connectivity index (χ1) is 14.6. The Morgan fingerprint density at radius 3 is 2.39 bits per heavy atom. The highest BCUT2D eigenvalue weighted by molar-refractivity contribution is 7.16. The molecule has 2 heterocycles. The molecule has 0 bridgehead atoms. The van der Waals surface area contributed by atoms with Crippen LogP contribution in [0.1, 0.15) is 40.2 Å². The number of hydrogen-bond acceptors (Lipinski definition) is 6. The molecule has 9 heteroatoms. The normalized spacial score (nSPS) is 16.1. The Balaban J connectivity index is 1.77. The molecule has 31 heavy (non-hydrogen) atoms. The molecular weight excluding hydrogens is 418 g/mol. The van der Waals surface area contributed by atoms with Gasteiger partial charge in [-0.15, -0.1) is 11.3 Å². The van der Waals surface area contributed by atoms with Gasteiger partial charge in [0.2, 0.25) is 5.91 Å². The van der Waals surface area contributed by atoms with Gasteiger partial charge in [-0.05, 0) is 52.3 Å². The van der Waals surface area contributed by atoms with Gasteiger partial charge in [0, 0.05) is 10.6 Å². The molecule has 1 unspecified atom stereocenters. The summed E-state index contributed by atoms with van der Waals surface area (Å²) >= 11 is 1.25. The molecule has 8 nitrogen and oxygen atoms in total. The fourth-order valence-electron chi connectivity index (χ4n) is 3.38. The van der Waals surface area contributed by atoms with Gasteiger partial charge in [0.1, 0.15) is 17.6 Å². The quantitative estimate of drug-likeness (QED) is 0.543. The van der Waals surface area contributed by atoms with Crippen LogP contribution in [0.5, 0.6) is 0 Å². The number of carbonyl (C=O) groups excluding carboxylic acids is 4. The van der Waals surface area contributed by atoms with E-state index in [1.54, 1.807) is 32.9 Å². The Morgan fingerprint density at radius 1 is 1.13 bits per heavy atom. The van der Waals surface area contributed by atoms with Gasteiger partial charge in [0.25, 0.3) is 5.91 Å². The number of carbonyl (C=O) groups is 4. The number of hydrogen-bond donors (Lipinski definition) is 1. The van der Waals surface area contributed by atoms with Crippen molar-refractivity contribution < 1.29 is 23.9 Å². The van der Waals surface area contributed by atoms with Crippen molar-refractivity contribution in [3.05, 3.63) is 45.8 Å². The molecule has 2 aromatic rings. The minimum Gasteiger partial charge on any atom is -0.462 e. The second kappa shape index (κ2) is 8.89. The molecule has 4 amide bonds. The van der Waals surface area contributed by atoms with Crippen molar-refractivity contribution in [2.75, 3.05) is 23.4 Å². The van der Waals surface area contributed by atoms with Crippen molar-refractivity contribution in [1.29, 1.82) is 0 Å². The van der Waals surface area contributed by atoms with Gasteiger partial charge in [-0.3, -0.25) is 19.4 Å². The van der Waals surface area contributed by atoms with Gasteiger partial charge in [-0.25, -0.2) is 9.59 Å². The summed E-state index contributed by atoms with van der Waals surface area (Å²) in [5.41, 5.74) is 2.65. The molecule has 1 aromatic heterocycles. The molecule has 1 aliphatic heterocycles. The minimum atomic E-state index is -0.718. The molecule has 0 radical (unpaired) electrons. The van der Waals surface area contributed by atoms with Gasteiger partial charge >= 0.3 is 12.0 Å². The molecule has 1 aliphatic rings. The van der Waals surface area contributed by atoms with E-state index < -0.39 is 36.4 Å². The molecular formula is C22H25N3O5S.